The van der Waals surface area contributed by atoms with Gasteiger partial charge in [0, 0.05) is 19.6 Å². The maximum absolute atomic E-state index is 6.02. The van der Waals surface area contributed by atoms with Gasteiger partial charge >= 0.3 is 0 Å². The molecule has 2 aliphatic heterocycles. The molecular weight excluding hydrogens is 268 g/mol. The molecule has 0 bridgehead atoms. The fourth-order valence-electron chi connectivity index (χ4n) is 3.11. The Bertz CT molecular complexity index is 487. The van der Waals surface area contributed by atoms with E-state index in [-0.39, 0.29) is 6.10 Å². The van der Waals surface area contributed by atoms with Crippen molar-refractivity contribution in [2.75, 3.05) is 52.3 Å². The minimum atomic E-state index is 0.208. The Balaban J connectivity index is 1.64. The lowest BCUT2D eigenvalue weighted by molar-refractivity contribution is -0.0972. The van der Waals surface area contributed by atoms with E-state index in [1.54, 1.807) is 7.11 Å². The molecule has 1 atom stereocenters. The maximum Gasteiger partial charge on any atom is 0.142 e. The fourth-order valence-corrected chi connectivity index (χ4v) is 3.11. The third-order valence-electron chi connectivity index (χ3n) is 4.29. The Hall–Kier alpha value is -1.30. The van der Waals surface area contributed by atoms with Gasteiger partial charge in [-0.2, -0.15) is 0 Å². The number of nitrogens with two attached hydrogens (primary N) is 1. The molecule has 1 aromatic rings. The number of nitrogen functional groups attached to an aromatic ring is 1. The van der Waals surface area contributed by atoms with E-state index >= 15 is 0 Å². The van der Waals surface area contributed by atoms with Crippen LogP contribution in [-0.4, -0.2) is 57.6 Å². The molecule has 0 aromatic heterocycles. The van der Waals surface area contributed by atoms with Crippen LogP contribution in [0.25, 0.3) is 0 Å². The van der Waals surface area contributed by atoms with Crippen molar-refractivity contribution in [3.63, 3.8) is 0 Å². The van der Waals surface area contributed by atoms with Crippen molar-refractivity contribution >= 4 is 5.69 Å². The van der Waals surface area contributed by atoms with Gasteiger partial charge in [0.1, 0.15) is 5.75 Å². The predicted molar refractivity (Wildman–Crippen MR) is 81.8 cm³/mol. The molecule has 116 valence electrons. The molecule has 1 saturated heterocycles. The van der Waals surface area contributed by atoms with Gasteiger partial charge in [-0.25, -0.2) is 0 Å². The number of fused-ring (bicyclic) bond motifs is 1. The molecule has 3 rings (SSSR count). The molecule has 21 heavy (non-hydrogen) atoms. The number of methoxy groups -OCH3 is 1. The molecule has 1 unspecified atom stereocenters. The third-order valence-corrected chi connectivity index (χ3v) is 4.29. The van der Waals surface area contributed by atoms with Crippen LogP contribution in [0, 0.1) is 0 Å². The van der Waals surface area contributed by atoms with E-state index in [1.165, 1.54) is 11.1 Å². The molecule has 2 heterocycles. The number of nitrogens with zero attached hydrogens (tertiary/aromatic N) is 1. The molecule has 1 fully saturated rings. The summed E-state index contributed by atoms with van der Waals surface area (Å²) >= 11 is 0. The Morgan fingerprint density at radius 3 is 2.67 bits per heavy atom. The van der Waals surface area contributed by atoms with Gasteiger partial charge in [0.15, 0.2) is 0 Å². The fraction of sp³-hybridized carbons (Fsp3) is 0.625. The summed E-state index contributed by atoms with van der Waals surface area (Å²) in [5.74, 6) is 0.784. The number of hydrogen-bond acceptors (Lipinski definition) is 5. The minimum absolute atomic E-state index is 0.208. The second-order valence-corrected chi connectivity index (χ2v) is 5.73. The largest absolute Gasteiger partial charge is 0.495 e. The first-order valence-electron chi connectivity index (χ1n) is 7.63. The first-order chi connectivity index (χ1) is 10.3. The Kier molecular flexibility index (Phi) is 4.63. The molecule has 0 aliphatic carbocycles. The molecular formula is C16H24N2O3. The molecule has 2 N–H and O–H groups in total. The Labute approximate surface area is 126 Å². The second-order valence-electron chi connectivity index (χ2n) is 5.73. The zero-order chi connectivity index (χ0) is 14.7. The maximum atomic E-state index is 6.02. The highest BCUT2D eigenvalue weighted by Crippen LogP contribution is 2.28. The zero-order valence-electron chi connectivity index (χ0n) is 12.6. The van der Waals surface area contributed by atoms with Gasteiger partial charge in [-0.3, -0.25) is 0 Å². The van der Waals surface area contributed by atoms with Crippen LogP contribution in [0.2, 0.25) is 0 Å². The topological polar surface area (TPSA) is 57.0 Å². The highest BCUT2D eigenvalue weighted by molar-refractivity contribution is 5.57. The smallest absolute Gasteiger partial charge is 0.142 e. The first-order valence-corrected chi connectivity index (χ1v) is 7.63. The number of rotatable bonds is 3. The zero-order valence-corrected chi connectivity index (χ0v) is 12.6. The molecule has 1 aromatic carbocycles. The van der Waals surface area contributed by atoms with Crippen LogP contribution in [-0.2, 0) is 22.3 Å². The van der Waals surface area contributed by atoms with Crippen LogP contribution in [0.3, 0.4) is 0 Å². The lowest BCUT2D eigenvalue weighted by Gasteiger charge is -2.28. The van der Waals surface area contributed by atoms with E-state index in [1.807, 2.05) is 0 Å². The van der Waals surface area contributed by atoms with Gasteiger partial charge in [0.05, 0.1) is 38.7 Å². The summed E-state index contributed by atoms with van der Waals surface area (Å²) in [7, 11) is 1.67. The molecule has 5 nitrogen and oxygen atoms in total. The minimum Gasteiger partial charge on any atom is -0.495 e. The van der Waals surface area contributed by atoms with Gasteiger partial charge < -0.3 is 24.8 Å². The van der Waals surface area contributed by atoms with E-state index in [0.29, 0.717) is 13.2 Å². The summed E-state index contributed by atoms with van der Waals surface area (Å²) in [5, 5.41) is 0. The van der Waals surface area contributed by atoms with Crippen LogP contribution in [0.1, 0.15) is 11.1 Å². The van der Waals surface area contributed by atoms with Crippen molar-refractivity contribution in [3.05, 3.63) is 23.3 Å². The van der Waals surface area contributed by atoms with Crippen molar-refractivity contribution in [2.45, 2.75) is 18.9 Å². The standard InChI is InChI=1S/C16H24N2O3/c1-19-16-9-13-3-5-18(4-2-12(13)8-15(16)17)10-14-11-20-6-7-21-14/h8-9,14H,2-7,10-11,17H2,1H3. The third kappa shape index (κ3) is 3.48. The Morgan fingerprint density at radius 1 is 1.24 bits per heavy atom. The van der Waals surface area contributed by atoms with Crippen molar-refractivity contribution in [3.8, 4) is 5.75 Å². The molecule has 0 amide bonds. The van der Waals surface area contributed by atoms with Crippen molar-refractivity contribution in [2.24, 2.45) is 0 Å². The number of anilines is 1. The normalized spacial score (nSPS) is 23.4. The SMILES string of the molecule is COc1cc2c(cc1N)CCN(CC1COCCO1)CC2. The Morgan fingerprint density at radius 2 is 2.00 bits per heavy atom. The highest BCUT2D eigenvalue weighted by Gasteiger charge is 2.21. The van der Waals surface area contributed by atoms with E-state index in [0.717, 1.165) is 50.5 Å². The number of benzene rings is 1. The molecule has 2 aliphatic rings. The summed E-state index contributed by atoms with van der Waals surface area (Å²) in [4.78, 5) is 2.46. The summed E-state index contributed by atoms with van der Waals surface area (Å²) in [6.45, 7) is 5.18. The van der Waals surface area contributed by atoms with Crippen LogP contribution in [0.15, 0.2) is 12.1 Å². The average Bonchev–Trinajstić information content (AvgIpc) is 2.70. The van der Waals surface area contributed by atoms with Gasteiger partial charge in [-0.1, -0.05) is 0 Å². The summed E-state index contributed by atoms with van der Waals surface area (Å²) in [6.07, 6.45) is 2.26. The summed E-state index contributed by atoms with van der Waals surface area (Å²) < 4.78 is 16.6. The number of hydrogen-bond donors (Lipinski definition) is 1. The van der Waals surface area contributed by atoms with Crippen molar-refractivity contribution in [1.29, 1.82) is 0 Å². The number of ether oxygens (including phenoxy) is 3. The van der Waals surface area contributed by atoms with Gasteiger partial charge in [0.2, 0.25) is 0 Å². The van der Waals surface area contributed by atoms with E-state index in [9.17, 15) is 0 Å². The van der Waals surface area contributed by atoms with Gasteiger partial charge in [-0.05, 0) is 36.1 Å². The lowest BCUT2D eigenvalue weighted by atomic mass is 10.0. The van der Waals surface area contributed by atoms with Gasteiger partial charge in [0.25, 0.3) is 0 Å². The van der Waals surface area contributed by atoms with E-state index in [4.69, 9.17) is 19.9 Å². The van der Waals surface area contributed by atoms with Crippen LogP contribution in [0.4, 0.5) is 5.69 Å². The molecule has 0 radical (unpaired) electrons. The van der Waals surface area contributed by atoms with Crippen molar-refractivity contribution in [1.82, 2.24) is 4.90 Å². The van der Waals surface area contributed by atoms with E-state index in [2.05, 4.69) is 17.0 Å². The lowest BCUT2D eigenvalue weighted by Crippen LogP contribution is -2.41. The molecule has 0 spiro atoms. The van der Waals surface area contributed by atoms with Crippen LogP contribution >= 0.6 is 0 Å². The first kappa shape index (κ1) is 14.6. The predicted octanol–water partition coefficient (Wildman–Crippen LogP) is 1.09. The summed E-state index contributed by atoms with van der Waals surface area (Å²) in [5.41, 5.74) is 9.44. The highest BCUT2D eigenvalue weighted by atomic mass is 16.6. The van der Waals surface area contributed by atoms with Crippen molar-refractivity contribution < 1.29 is 14.2 Å². The molecule has 0 saturated carbocycles. The average molecular weight is 292 g/mol. The van der Waals surface area contributed by atoms with Crippen LogP contribution in [0.5, 0.6) is 5.75 Å². The van der Waals surface area contributed by atoms with Gasteiger partial charge in [-0.15, -0.1) is 0 Å². The monoisotopic (exact) mass is 292 g/mol. The van der Waals surface area contributed by atoms with Crippen LogP contribution < -0.4 is 10.5 Å². The quantitative estimate of drug-likeness (QED) is 0.845. The van der Waals surface area contributed by atoms with E-state index < -0.39 is 0 Å². The second kappa shape index (κ2) is 6.64. The summed E-state index contributed by atoms with van der Waals surface area (Å²) in [6, 6.07) is 4.16. The molecule has 5 heteroatoms.